The summed E-state index contributed by atoms with van der Waals surface area (Å²) < 4.78 is 0. The SMILES string of the molecule is CC1CC(C)(C2C(C)C2C)C1C. The highest BCUT2D eigenvalue weighted by atomic mass is 14.7. The van der Waals surface area contributed by atoms with Crippen molar-refractivity contribution in [2.45, 2.75) is 41.0 Å². The molecule has 0 aromatic rings. The maximum Gasteiger partial charge on any atom is -0.0261 e. The van der Waals surface area contributed by atoms with Crippen LogP contribution in [0.3, 0.4) is 0 Å². The van der Waals surface area contributed by atoms with Crippen molar-refractivity contribution >= 4 is 0 Å². The molecule has 0 N–H and O–H groups in total. The Balaban J connectivity index is 2.05. The summed E-state index contributed by atoms with van der Waals surface area (Å²) >= 11 is 0. The Labute approximate surface area is 76.7 Å². The van der Waals surface area contributed by atoms with Crippen LogP contribution >= 0.6 is 0 Å². The Bertz CT molecular complexity index is 188. The molecule has 2 aliphatic carbocycles. The van der Waals surface area contributed by atoms with Gasteiger partial charge in [0.05, 0.1) is 0 Å². The van der Waals surface area contributed by atoms with Crippen LogP contribution in [0.25, 0.3) is 0 Å². The third kappa shape index (κ3) is 0.843. The molecule has 2 fully saturated rings. The summed E-state index contributed by atoms with van der Waals surface area (Å²) in [4.78, 5) is 0. The molecule has 0 aliphatic heterocycles. The molecule has 12 heavy (non-hydrogen) atoms. The van der Waals surface area contributed by atoms with E-state index in [1.54, 1.807) is 0 Å². The van der Waals surface area contributed by atoms with E-state index in [9.17, 15) is 0 Å². The van der Waals surface area contributed by atoms with Crippen LogP contribution in [0.2, 0.25) is 0 Å². The molecule has 0 saturated heterocycles. The Hall–Kier alpha value is 0. The van der Waals surface area contributed by atoms with Crippen molar-refractivity contribution in [2.75, 3.05) is 0 Å². The number of rotatable bonds is 1. The third-order valence-electron chi connectivity index (χ3n) is 5.24. The molecule has 0 aromatic heterocycles. The van der Waals surface area contributed by atoms with Crippen LogP contribution < -0.4 is 0 Å². The fourth-order valence-electron chi connectivity index (χ4n) is 3.85. The molecule has 2 aliphatic rings. The zero-order chi connectivity index (χ0) is 9.09. The first-order chi connectivity index (χ1) is 5.48. The minimum Gasteiger partial charge on any atom is -0.0622 e. The lowest BCUT2D eigenvalue weighted by Gasteiger charge is -2.52. The van der Waals surface area contributed by atoms with Crippen molar-refractivity contribution < 1.29 is 0 Å². The average molecular weight is 166 g/mol. The van der Waals surface area contributed by atoms with E-state index in [1.165, 1.54) is 6.42 Å². The van der Waals surface area contributed by atoms with E-state index in [-0.39, 0.29) is 0 Å². The molecule has 0 nitrogen and oxygen atoms in total. The van der Waals surface area contributed by atoms with Crippen molar-refractivity contribution in [3.05, 3.63) is 0 Å². The fraction of sp³-hybridized carbons (Fsp3) is 1.00. The lowest BCUT2D eigenvalue weighted by molar-refractivity contribution is -0.0315. The highest BCUT2D eigenvalue weighted by Crippen LogP contribution is 2.67. The van der Waals surface area contributed by atoms with E-state index in [0.717, 1.165) is 29.6 Å². The molecule has 0 bridgehead atoms. The van der Waals surface area contributed by atoms with Gasteiger partial charge < -0.3 is 0 Å². The molecule has 5 unspecified atom stereocenters. The summed E-state index contributed by atoms with van der Waals surface area (Å²) in [5.41, 5.74) is 0.707. The van der Waals surface area contributed by atoms with Crippen molar-refractivity contribution in [3.8, 4) is 0 Å². The molecule has 2 saturated carbocycles. The van der Waals surface area contributed by atoms with Gasteiger partial charge in [0.25, 0.3) is 0 Å². The molecule has 70 valence electrons. The van der Waals surface area contributed by atoms with Gasteiger partial charge in [0.15, 0.2) is 0 Å². The van der Waals surface area contributed by atoms with Gasteiger partial charge >= 0.3 is 0 Å². The number of hydrogen-bond acceptors (Lipinski definition) is 0. The minimum absolute atomic E-state index is 0.707. The van der Waals surface area contributed by atoms with Crippen molar-refractivity contribution in [3.63, 3.8) is 0 Å². The van der Waals surface area contributed by atoms with Gasteiger partial charge in [-0.15, -0.1) is 0 Å². The quantitative estimate of drug-likeness (QED) is 0.558. The highest BCUT2D eigenvalue weighted by Gasteiger charge is 2.60. The monoisotopic (exact) mass is 166 g/mol. The summed E-state index contributed by atoms with van der Waals surface area (Å²) in [7, 11) is 0. The first-order valence-corrected chi connectivity index (χ1v) is 5.48. The van der Waals surface area contributed by atoms with Crippen LogP contribution in [0.5, 0.6) is 0 Å². The van der Waals surface area contributed by atoms with Gasteiger partial charge in [-0.1, -0.05) is 34.6 Å². The summed E-state index contributed by atoms with van der Waals surface area (Å²) in [6.45, 7) is 12.2. The maximum atomic E-state index is 2.52. The van der Waals surface area contributed by atoms with E-state index in [4.69, 9.17) is 0 Å². The first kappa shape index (κ1) is 8.59. The molecule has 0 spiro atoms. The van der Waals surface area contributed by atoms with Crippen LogP contribution in [0.4, 0.5) is 0 Å². The molecule has 0 aromatic carbocycles. The second-order valence-electron chi connectivity index (χ2n) is 5.72. The van der Waals surface area contributed by atoms with Gasteiger partial charge in [0, 0.05) is 0 Å². The molecule has 0 amide bonds. The predicted molar refractivity (Wildman–Crippen MR) is 52.9 cm³/mol. The zero-order valence-corrected chi connectivity index (χ0v) is 9.09. The second-order valence-corrected chi connectivity index (χ2v) is 5.72. The summed E-state index contributed by atoms with van der Waals surface area (Å²) in [6, 6.07) is 0. The van der Waals surface area contributed by atoms with E-state index >= 15 is 0 Å². The smallest absolute Gasteiger partial charge is 0.0261 e. The zero-order valence-electron chi connectivity index (χ0n) is 9.09. The van der Waals surface area contributed by atoms with Crippen LogP contribution in [0.15, 0.2) is 0 Å². The molecule has 0 heteroatoms. The molecular weight excluding hydrogens is 144 g/mol. The van der Waals surface area contributed by atoms with Gasteiger partial charge in [-0.3, -0.25) is 0 Å². The minimum atomic E-state index is 0.707. The van der Waals surface area contributed by atoms with Crippen molar-refractivity contribution in [2.24, 2.45) is 35.0 Å². The average Bonchev–Trinajstić information content (AvgIpc) is 2.60. The highest BCUT2D eigenvalue weighted by molar-refractivity contribution is 5.09. The van der Waals surface area contributed by atoms with Crippen molar-refractivity contribution in [1.29, 1.82) is 0 Å². The lowest BCUT2D eigenvalue weighted by atomic mass is 9.53. The Morgan fingerprint density at radius 3 is 1.75 bits per heavy atom. The third-order valence-corrected chi connectivity index (χ3v) is 5.24. The van der Waals surface area contributed by atoms with Crippen molar-refractivity contribution in [1.82, 2.24) is 0 Å². The Morgan fingerprint density at radius 1 is 1.00 bits per heavy atom. The Morgan fingerprint density at radius 2 is 1.50 bits per heavy atom. The van der Waals surface area contributed by atoms with E-state index in [1.807, 2.05) is 0 Å². The van der Waals surface area contributed by atoms with Gasteiger partial charge in [0.1, 0.15) is 0 Å². The van der Waals surface area contributed by atoms with E-state index < -0.39 is 0 Å². The molecule has 2 rings (SSSR count). The molecule has 0 heterocycles. The second kappa shape index (κ2) is 2.27. The molecular formula is C12H22. The lowest BCUT2D eigenvalue weighted by Crippen LogP contribution is -2.45. The van der Waals surface area contributed by atoms with Gasteiger partial charge in [0.2, 0.25) is 0 Å². The van der Waals surface area contributed by atoms with Crippen LogP contribution in [0.1, 0.15) is 41.0 Å². The summed E-state index contributed by atoms with van der Waals surface area (Å²) in [5.74, 6) is 5.00. The maximum absolute atomic E-state index is 2.52. The van der Waals surface area contributed by atoms with Crippen LogP contribution in [-0.2, 0) is 0 Å². The van der Waals surface area contributed by atoms with Gasteiger partial charge in [-0.2, -0.15) is 0 Å². The molecule has 5 atom stereocenters. The van der Waals surface area contributed by atoms with Crippen LogP contribution in [0, 0.1) is 35.0 Å². The summed E-state index contributed by atoms with van der Waals surface area (Å²) in [6.07, 6.45) is 1.48. The van der Waals surface area contributed by atoms with Crippen LogP contribution in [-0.4, -0.2) is 0 Å². The van der Waals surface area contributed by atoms with Gasteiger partial charge in [-0.05, 0) is 41.4 Å². The standard InChI is InChI=1S/C12H22/c1-7-6-12(5,10(7)4)11-8(2)9(11)3/h7-11H,6H2,1-5H3. The fourth-order valence-corrected chi connectivity index (χ4v) is 3.85. The number of hydrogen-bond donors (Lipinski definition) is 0. The van der Waals surface area contributed by atoms with E-state index in [2.05, 4.69) is 34.6 Å². The van der Waals surface area contributed by atoms with Gasteiger partial charge in [-0.25, -0.2) is 0 Å². The normalized spacial score (nSPS) is 64.2. The molecule has 0 radical (unpaired) electrons. The predicted octanol–water partition coefficient (Wildman–Crippen LogP) is 3.57. The largest absolute Gasteiger partial charge is 0.0622 e. The summed E-state index contributed by atoms with van der Waals surface area (Å²) in [5, 5.41) is 0. The topological polar surface area (TPSA) is 0 Å². The Kier molecular flexibility index (Phi) is 1.63. The first-order valence-electron chi connectivity index (χ1n) is 5.48. The van der Waals surface area contributed by atoms with E-state index in [0.29, 0.717) is 5.41 Å².